The molecule has 0 radical (unpaired) electrons. The zero-order valence-electron chi connectivity index (χ0n) is 15.4. The molecule has 1 aliphatic rings. The Morgan fingerprint density at radius 3 is 2.43 bits per heavy atom. The number of aromatic nitrogens is 3. The Morgan fingerprint density at radius 1 is 0.929 bits per heavy atom. The van der Waals surface area contributed by atoms with E-state index in [1.807, 2.05) is 47.4 Å². The minimum absolute atomic E-state index is 0.149. The first kappa shape index (κ1) is 18.4. The zero-order chi connectivity index (χ0) is 19.2. The number of anilines is 1. The molecule has 0 aliphatic carbocycles. The molecule has 1 aromatic carbocycles. The molecule has 1 saturated heterocycles. The number of thioether (sulfide) groups is 1. The quantitative estimate of drug-likeness (QED) is 0.623. The van der Waals surface area contributed by atoms with Gasteiger partial charge in [0.2, 0.25) is 5.91 Å². The van der Waals surface area contributed by atoms with Gasteiger partial charge in [-0.3, -0.25) is 9.78 Å². The van der Waals surface area contributed by atoms with E-state index in [9.17, 15) is 4.79 Å². The van der Waals surface area contributed by atoms with E-state index in [1.54, 1.807) is 12.4 Å². The number of piperazine rings is 1. The van der Waals surface area contributed by atoms with Crippen molar-refractivity contribution in [2.24, 2.45) is 0 Å². The lowest BCUT2D eigenvalue weighted by Gasteiger charge is -2.36. The highest BCUT2D eigenvalue weighted by atomic mass is 32.2. The molecule has 7 heteroatoms. The maximum Gasteiger partial charge on any atom is 0.233 e. The molecule has 28 heavy (non-hydrogen) atoms. The van der Waals surface area contributed by atoms with Crippen molar-refractivity contribution >= 4 is 23.4 Å². The van der Waals surface area contributed by atoms with Gasteiger partial charge in [0.15, 0.2) is 0 Å². The van der Waals surface area contributed by atoms with Gasteiger partial charge < -0.3 is 9.80 Å². The number of rotatable bonds is 5. The van der Waals surface area contributed by atoms with Crippen LogP contribution in [-0.2, 0) is 4.79 Å². The monoisotopic (exact) mass is 391 g/mol. The fourth-order valence-electron chi connectivity index (χ4n) is 3.15. The summed E-state index contributed by atoms with van der Waals surface area (Å²) >= 11 is 1.43. The van der Waals surface area contributed by atoms with E-state index in [-0.39, 0.29) is 5.91 Å². The summed E-state index contributed by atoms with van der Waals surface area (Å²) in [6.45, 7) is 3.22. The van der Waals surface area contributed by atoms with Crippen molar-refractivity contribution in [3.05, 3.63) is 67.0 Å². The third-order valence-corrected chi connectivity index (χ3v) is 5.60. The maximum absolute atomic E-state index is 12.5. The number of para-hydroxylation sites is 1. The number of amides is 1. The van der Waals surface area contributed by atoms with Gasteiger partial charge in [0.1, 0.15) is 5.03 Å². The molecule has 0 atom stereocenters. The van der Waals surface area contributed by atoms with Gasteiger partial charge in [-0.25, -0.2) is 0 Å². The van der Waals surface area contributed by atoms with Crippen LogP contribution >= 0.6 is 11.8 Å². The first-order chi connectivity index (χ1) is 13.8. The number of nitrogens with zero attached hydrogens (tertiary/aromatic N) is 5. The van der Waals surface area contributed by atoms with Gasteiger partial charge in [-0.15, -0.1) is 10.2 Å². The molecular weight excluding hydrogens is 370 g/mol. The number of pyridine rings is 1. The molecule has 0 saturated carbocycles. The summed E-state index contributed by atoms with van der Waals surface area (Å²) in [4.78, 5) is 20.9. The molecule has 1 aliphatic heterocycles. The third kappa shape index (κ3) is 4.48. The van der Waals surface area contributed by atoms with Gasteiger partial charge >= 0.3 is 0 Å². The smallest absolute Gasteiger partial charge is 0.233 e. The average Bonchev–Trinajstić information content (AvgIpc) is 2.79. The summed E-state index contributed by atoms with van der Waals surface area (Å²) in [5.41, 5.74) is 2.92. The first-order valence-corrected chi connectivity index (χ1v) is 10.2. The molecule has 6 nitrogen and oxygen atoms in total. The molecule has 0 bridgehead atoms. The van der Waals surface area contributed by atoms with Crippen LogP contribution in [0.2, 0.25) is 0 Å². The fraction of sp³-hybridized carbons (Fsp3) is 0.238. The van der Waals surface area contributed by atoms with Crippen molar-refractivity contribution < 1.29 is 4.79 Å². The highest BCUT2D eigenvalue weighted by Crippen LogP contribution is 2.20. The van der Waals surface area contributed by atoms with Gasteiger partial charge in [-0.1, -0.05) is 30.0 Å². The van der Waals surface area contributed by atoms with E-state index in [4.69, 9.17) is 0 Å². The van der Waals surface area contributed by atoms with Gasteiger partial charge in [0.05, 0.1) is 11.4 Å². The standard InChI is InChI=1S/C21H21N5OS/c27-21(26-13-11-25(12-14-26)18-6-2-1-3-7-18)16-28-20-9-8-19(23-24-20)17-5-4-10-22-15-17/h1-10,15H,11-14,16H2. The van der Waals surface area contributed by atoms with Crippen molar-refractivity contribution in [2.75, 3.05) is 36.8 Å². The van der Waals surface area contributed by atoms with E-state index in [1.165, 1.54) is 17.4 Å². The fourth-order valence-corrected chi connectivity index (χ4v) is 3.86. The van der Waals surface area contributed by atoms with Crippen LogP contribution in [-0.4, -0.2) is 57.9 Å². The predicted octanol–water partition coefficient (Wildman–Crippen LogP) is 2.98. The molecule has 0 N–H and O–H groups in total. The number of carbonyl (C=O) groups excluding carboxylic acids is 1. The van der Waals surface area contributed by atoms with Gasteiger partial charge in [-0.05, 0) is 36.4 Å². The van der Waals surface area contributed by atoms with E-state index >= 15 is 0 Å². The van der Waals surface area contributed by atoms with Gasteiger partial charge in [0.25, 0.3) is 0 Å². The minimum Gasteiger partial charge on any atom is -0.368 e. The van der Waals surface area contributed by atoms with Crippen LogP contribution in [0.25, 0.3) is 11.3 Å². The topological polar surface area (TPSA) is 62.2 Å². The van der Waals surface area contributed by atoms with Crippen molar-refractivity contribution in [1.29, 1.82) is 0 Å². The lowest BCUT2D eigenvalue weighted by Crippen LogP contribution is -2.49. The highest BCUT2D eigenvalue weighted by molar-refractivity contribution is 7.99. The largest absolute Gasteiger partial charge is 0.368 e. The lowest BCUT2D eigenvalue weighted by atomic mass is 10.2. The summed E-state index contributed by atoms with van der Waals surface area (Å²) in [5.74, 6) is 0.530. The first-order valence-electron chi connectivity index (χ1n) is 9.24. The highest BCUT2D eigenvalue weighted by Gasteiger charge is 2.21. The Bertz CT molecular complexity index is 897. The minimum atomic E-state index is 0.149. The maximum atomic E-state index is 12.5. The van der Waals surface area contributed by atoms with Crippen LogP contribution in [0, 0.1) is 0 Å². The molecule has 3 heterocycles. The summed E-state index contributed by atoms with van der Waals surface area (Å²) in [6.07, 6.45) is 3.49. The van der Waals surface area contributed by atoms with Crippen molar-refractivity contribution in [1.82, 2.24) is 20.1 Å². The van der Waals surface area contributed by atoms with Crippen LogP contribution in [0.1, 0.15) is 0 Å². The van der Waals surface area contributed by atoms with Crippen molar-refractivity contribution in [2.45, 2.75) is 5.03 Å². The van der Waals surface area contributed by atoms with Crippen LogP contribution in [0.3, 0.4) is 0 Å². The Hall–Kier alpha value is -2.93. The zero-order valence-corrected chi connectivity index (χ0v) is 16.3. The van der Waals surface area contributed by atoms with Gasteiger partial charge in [-0.2, -0.15) is 0 Å². The summed E-state index contributed by atoms with van der Waals surface area (Å²) in [5, 5.41) is 9.22. The third-order valence-electron chi connectivity index (χ3n) is 4.69. The van der Waals surface area contributed by atoms with Gasteiger partial charge in [0, 0.05) is 49.8 Å². The Labute approximate surface area is 168 Å². The summed E-state index contributed by atoms with van der Waals surface area (Å²) in [6, 6.07) is 18.0. The average molecular weight is 392 g/mol. The molecule has 0 spiro atoms. The number of benzene rings is 1. The Balaban J connectivity index is 1.27. The molecule has 2 aromatic heterocycles. The molecule has 0 unspecified atom stereocenters. The number of carbonyl (C=O) groups is 1. The van der Waals surface area contributed by atoms with E-state index in [2.05, 4.69) is 32.2 Å². The second-order valence-corrected chi connectivity index (χ2v) is 7.49. The summed E-state index contributed by atoms with van der Waals surface area (Å²) < 4.78 is 0. The Kier molecular flexibility index (Phi) is 5.82. The van der Waals surface area contributed by atoms with E-state index in [0.717, 1.165) is 42.5 Å². The van der Waals surface area contributed by atoms with Crippen LogP contribution in [0.5, 0.6) is 0 Å². The van der Waals surface area contributed by atoms with Crippen LogP contribution < -0.4 is 4.90 Å². The second kappa shape index (κ2) is 8.84. The van der Waals surface area contributed by atoms with Crippen molar-refractivity contribution in [3.8, 4) is 11.3 Å². The van der Waals surface area contributed by atoms with Crippen molar-refractivity contribution in [3.63, 3.8) is 0 Å². The molecular formula is C21H21N5OS. The van der Waals surface area contributed by atoms with E-state index in [0.29, 0.717) is 5.75 Å². The molecule has 1 amide bonds. The second-order valence-electron chi connectivity index (χ2n) is 6.49. The molecule has 4 rings (SSSR count). The molecule has 1 fully saturated rings. The number of hydrogen-bond acceptors (Lipinski definition) is 6. The normalized spacial score (nSPS) is 14.1. The number of hydrogen-bond donors (Lipinski definition) is 0. The predicted molar refractivity (Wildman–Crippen MR) is 111 cm³/mol. The molecule has 3 aromatic rings. The Morgan fingerprint density at radius 2 is 1.75 bits per heavy atom. The summed E-state index contributed by atoms with van der Waals surface area (Å²) in [7, 11) is 0. The van der Waals surface area contributed by atoms with E-state index < -0.39 is 0 Å². The van der Waals surface area contributed by atoms with Crippen LogP contribution in [0.4, 0.5) is 5.69 Å². The lowest BCUT2D eigenvalue weighted by molar-refractivity contribution is -0.128. The molecule has 142 valence electrons. The SMILES string of the molecule is O=C(CSc1ccc(-c2cccnc2)nn1)N1CCN(c2ccccc2)CC1. The van der Waals surface area contributed by atoms with Crippen LogP contribution in [0.15, 0.2) is 72.0 Å².